The first-order valence-electron chi connectivity index (χ1n) is 6.91. The van der Waals surface area contributed by atoms with E-state index in [1.807, 2.05) is 6.92 Å². The van der Waals surface area contributed by atoms with Crippen molar-refractivity contribution in [2.45, 2.75) is 25.5 Å². The maximum absolute atomic E-state index is 12.2. The Labute approximate surface area is 117 Å². The van der Waals surface area contributed by atoms with Crippen molar-refractivity contribution in [1.29, 1.82) is 0 Å². The molecule has 2 fully saturated rings. The topological polar surface area (TPSA) is 63.0 Å². The van der Waals surface area contributed by atoms with Crippen molar-refractivity contribution in [3.63, 3.8) is 0 Å². The fourth-order valence-electron chi connectivity index (χ4n) is 2.84. The van der Waals surface area contributed by atoms with Crippen LogP contribution in [0.1, 0.15) is 23.7 Å². The number of ether oxygens (including phenoxy) is 1. The second kappa shape index (κ2) is 5.28. The number of furan rings is 1. The van der Waals surface area contributed by atoms with Gasteiger partial charge >= 0.3 is 5.97 Å². The number of cyclic esters (lactones) is 1. The van der Waals surface area contributed by atoms with Gasteiger partial charge in [0.2, 0.25) is 0 Å². The van der Waals surface area contributed by atoms with E-state index in [0.29, 0.717) is 31.7 Å². The molecular weight excluding hydrogens is 260 g/mol. The van der Waals surface area contributed by atoms with Crippen LogP contribution in [0.2, 0.25) is 0 Å². The Morgan fingerprint density at radius 3 is 2.60 bits per heavy atom. The van der Waals surface area contributed by atoms with Gasteiger partial charge in [-0.2, -0.15) is 0 Å². The Morgan fingerprint density at radius 1 is 1.30 bits per heavy atom. The number of carbonyl (C=O) groups is 2. The van der Waals surface area contributed by atoms with Gasteiger partial charge in [0.15, 0.2) is 0 Å². The van der Waals surface area contributed by atoms with Gasteiger partial charge in [-0.15, -0.1) is 0 Å². The van der Waals surface area contributed by atoms with E-state index in [1.54, 1.807) is 11.0 Å². The molecule has 2 unspecified atom stereocenters. The van der Waals surface area contributed by atoms with E-state index in [4.69, 9.17) is 9.15 Å². The summed E-state index contributed by atoms with van der Waals surface area (Å²) in [7, 11) is 0. The number of nitrogens with zero attached hydrogens (tertiary/aromatic N) is 2. The second-order valence-corrected chi connectivity index (χ2v) is 5.34. The van der Waals surface area contributed by atoms with E-state index < -0.39 is 0 Å². The largest absolute Gasteiger partial charge is 0.472 e. The standard InChI is InChI=1S/C14H18N2O4/c1-10-8-12(14(18)20-10)15-3-5-16(6-4-15)13(17)11-2-7-19-9-11/h2,7,9-10,12H,3-6,8H2,1H3. The van der Waals surface area contributed by atoms with E-state index in [1.165, 1.54) is 12.5 Å². The first kappa shape index (κ1) is 13.2. The molecule has 3 rings (SSSR count). The summed E-state index contributed by atoms with van der Waals surface area (Å²) in [6, 6.07) is 1.53. The normalized spacial score (nSPS) is 27.6. The van der Waals surface area contributed by atoms with E-state index in [0.717, 1.165) is 6.42 Å². The molecule has 1 aromatic heterocycles. The summed E-state index contributed by atoms with van der Waals surface area (Å²) >= 11 is 0. The van der Waals surface area contributed by atoms with Crippen molar-refractivity contribution in [2.24, 2.45) is 0 Å². The third kappa shape index (κ3) is 2.43. The second-order valence-electron chi connectivity index (χ2n) is 5.34. The van der Waals surface area contributed by atoms with Gasteiger partial charge in [0, 0.05) is 32.6 Å². The van der Waals surface area contributed by atoms with Crippen molar-refractivity contribution >= 4 is 11.9 Å². The zero-order valence-corrected chi connectivity index (χ0v) is 11.4. The molecule has 0 aliphatic carbocycles. The van der Waals surface area contributed by atoms with Gasteiger partial charge < -0.3 is 14.1 Å². The lowest BCUT2D eigenvalue weighted by Crippen LogP contribution is -2.53. The molecule has 6 nitrogen and oxygen atoms in total. The molecule has 2 saturated heterocycles. The number of hydrogen-bond acceptors (Lipinski definition) is 5. The molecule has 0 aromatic carbocycles. The summed E-state index contributed by atoms with van der Waals surface area (Å²) in [6.07, 6.45) is 3.71. The molecule has 2 atom stereocenters. The number of piperazine rings is 1. The summed E-state index contributed by atoms with van der Waals surface area (Å²) in [5, 5.41) is 0. The third-order valence-electron chi connectivity index (χ3n) is 3.95. The monoisotopic (exact) mass is 278 g/mol. The quantitative estimate of drug-likeness (QED) is 0.747. The number of esters is 1. The molecule has 20 heavy (non-hydrogen) atoms. The maximum Gasteiger partial charge on any atom is 0.323 e. The molecule has 0 bridgehead atoms. The molecule has 6 heteroatoms. The molecular formula is C14H18N2O4. The van der Waals surface area contributed by atoms with Gasteiger partial charge in [0.25, 0.3) is 5.91 Å². The minimum Gasteiger partial charge on any atom is -0.472 e. The zero-order chi connectivity index (χ0) is 14.1. The Kier molecular flexibility index (Phi) is 3.48. The highest BCUT2D eigenvalue weighted by molar-refractivity contribution is 5.93. The molecule has 2 aliphatic heterocycles. The summed E-state index contributed by atoms with van der Waals surface area (Å²) in [5.74, 6) is -0.145. The summed E-state index contributed by atoms with van der Waals surface area (Å²) < 4.78 is 10.1. The Bertz CT molecular complexity index is 491. The van der Waals surface area contributed by atoms with E-state index >= 15 is 0 Å². The Morgan fingerprint density at radius 2 is 2.05 bits per heavy atom. The van der Waals surface area contributed by atoms with Gasteiger partial charge in [0.05, 0.1) is 11.8 Å². The fourth-order valence-corrected chi connectivity index (χ4v) is 2.84. The van der Waals surface area contributed by atoms with Crippen molar-refractivity contribution in [3.8, 4) is 0 Å². The molecule has 0 spiro atoms. The number of amides is 1. The number of rotatable bonds is 2. The first-order valence-corrected chi connectivity index (χ1v) is 6.91. The molecule has 2 aliphatic rings. The van der Waals surface area contributed by atoms with Gasteiger partial charge in [-0.25, -0.2) is 0 Å². The first-order chi connectivity index (χ1) is 9.65. The molecule has 0 saturated carbocycles. The molecule has 1 aromatic rings. The summed E-state index contributed by atoms with van der Waals surface area (Å²) in [4.78, 5) is 27.8. The Balaban J connectivity index is 1.57. The highest BCUT2D eigenvalue weighted by Crippen LogP contribution is 2.21. The van der Waals surface area contributed by atoms with Crippen LogP contribution in [0, 0.1) is 0 Å². The van der Waals surface area contributed by atoms with Crippen LogP contribution < -0.4 is 0 Å². The minimum absolute atomic E-state index is 0.00177. The van der Waals surface area contributed by atoms with Gasteiger partial charge in [-0.3, -0.25) is 14.5 Å². The lowest BCUT2D eigenvalue weighted by molar-refractivity contribution is -0.145. The number of carbonyl (C=O) groups excluding carboxylic acids is 2. The van der Waals surface area contributed by atoms with Crippen LogP contribution >= 0.6 is 0 Å². The molecule has 3 heterocycles. The van der Waals surface area contributed by atoms with E-state index in [9.17, 15) is 9.59 Å². The van der Waals surface area contributed by atoms with Gasteiger partial charge in [-0.1, -0.05) is 0 Å². The smallest absolute Gasteiger partial charge is 0.323 e. The van der Waals surface area contributed by atoms with Crippen LogP contribution in [0.4, 0.5) is 0 Å². The number of hydrogen-bond donors (Lipinski definition) is 0. The van der Waals surface area contributed by atoms with Crippen LogP contribution in [0.5, 0.6) is 0 Å². The van der Waals surface area contributed by atoms with Crippen molar-refractivity contribution < 1.29 is 18.7 Å². The molecule has 0 radical (unpaired) electrons. The van der Waals surface area contributed by atoms with Crippen LogP contribution in [0.15, 0.2) is 23.0 Å². The minimum atomic E-state index is -0.142. The highest BCUT2D eigenvalue weighted by atomic mass is 16.6. The predicted octanol–water partition coefficient (Wildman–Crippen LogP) is 0.741. The average Bonchev–Trinajstić information content (AvgIpc) is 3.08. The highest BCUT2D eigenvalue weighted by Gasteiger charge is 2.38. The molecule has 108 valence electrons. The van der Waals surface area contributed by atoms with Gasteiger partial charge in [0.1, 0.15) is 18.4 Å². The maximum atomic E-state index is 12.2. The third-order valence-corrected chi connectivity index (χ3v) is 3.95. The molecule has 1 amide bonds. The van der Waals surface area contributed by atoms with Crippen molar-refractivity contribution in [3.05, 3.63) is 24.2 Å². The van der Waals surface area contributed by atoms with Crippen LogP contribution in [-0.4, -0.2) is 60.0 Å². The average molecular weight is 278 g/mol. The van der Waals surface area contributed by atoms with Crippen molar-refractivity contribution in [1.82, 2.24) is 9.80 Å². The zero-order valence-electron chi connectivity index (χ0n) is 11.4. The van der Waals surface area contributed by atoms with Crippen LogP contribution in [-0.2, 0) is 9.53 Å². The fraction of sp³-hybridized carbons (Fsp3) is 0.571. The summed E-state index contributed by atoms with van der Waals surface area (Å²) in [6.45, 7) is 4.58. The van der Waals surface area contributed by atoms with Crippen LogP contribution in [0.3, 0.4) is 0 Å². The van der Waals surface area contributed by atoms with E-state index in [-0.39, 0.29) is 24.0 Å². The van der Waals surface area contributed by atoms with E-state index in [2.05, 4.69) is 4.90 Å². The SMILES string of the molecule is CC1CC(N2CCN(C(=O)c3ccoc3)CC2)C(=O)O1. The van der Waals surface area contributed by atoms with Gasteiger partial charge in [-0.05, 0) is 13.0 Å². The lowest BCUT2D eigenvalue weighted by atomic mass is 10.1. The summed E-state index contributed by atoms with van der Waals surface area (Å²) in [5.41, 5.74) is 0.576. The lowest BCUT2D eigenvalue weighted by Gasteiger charge is -2.36. The van der Waals surface area contributed by atoms with Crippen LogP contribution in [0.25, 0.3) is 0 Å². The Hall–Kier alpha value is -1.82. The predicted molar refractivity (Wildman–Crippen MR) is 70.1 cm³/mol. The van der Waals surface area contributed by atoms with Crippen molar-refractivity contribution in [2.75, 3.05) is 26.2 Å². The molecule has 0 N–H and O–H groups in total.